The van der Waals surface area contributed by atoms with Crippen LogP contribution in [0.2, 0.25) is 0 Å². The summed E-state index contributed by atoms with van der Waals surface area (Å²) in [6, 6.07) is 0. The van der Waals surface area contributed by atoms with E-state index in [1.807, 2.05) is 6.08 Å². The van der Waals surface area contributed by atoms with Crippen LogP contribution in [-0.4, -0.2) is 46.2 Å². The molecule has 0 aromatic heterocycles. The topological polar surface area (TPSA) is 87.0 Å². The quantitative estimate of drug-likeness (QED) is 0.0501. The van der Waals surface area contributed by atoms with Crippen molar-refractivity contribution in [1.82, 2.24) is 0 Å². The van der Waals surface area contributed by atoms with Crippen molar-refractivity contribution in [2.24, 2.45) is 41.4 Å². The fraction of sp³-hybridized carbons (Fsp3) is 0.875. The summed E-state index contributed by atoms with van der Waals surface area (Å²) in [6.45, 7) is 17.0. The Morgan fingerprint density at radius 1 is 0.800 bits per heavy atom. The van der Waals surface area contributed by atoms with Crippen molar-refractivity contribution in [2.75, 3.05) is 6.61 Å². The monoisotopic (exact) mass is 635 g/mol. The molecule has 1 aliphatic carbocycles. The third kappa shape index (κ3) is 15.5. The highest BCUT2D eigenvalue weighted by atomic mass is 16.5. The Bertz CT molecular complexity index is 794. The Balaban J connectivity index is 2.37. The first-order chi connectivity index (χ1) is 21.7. The fourth-order valence-corrected chi connectivity index (χ4v) is 8.22. The zero-order chi connectivity index (χ0) is 33.6. The average molecular weight is 635 g/mol. The van der Waals surface area contributed by atoms with Crippen molar-refractivity contribution in [3.8, 4) is 0 Å². The Labute approximate surface area is 278 Å². The van der Waals surface area contributed by atoms with Gasteiger partial charge in [-0.2, -0.15) is 0 Å². The molecule has 5 heteroatoms. The van der Waals surface area contributed by atoms with Gasteiger partial charge in [-0.3, -0.25) is 4.79 Å². The van der Waals surface area contributed by atoms with E-state index in [2.05, 4.69) is 60.6 Å². The highest BCUT2D eigenvalue weighted by Crippen LogP contribution is 2.41. The SMILES string of the molecule is CCCCC[C@H](O)/C=C/[C@@H]1[C@@H](C/C=C\CCCC(=O)OCCCCC(CC)C(CC)C(CC)C(CC)C(C)CC)[C@@H](O)C[C@H]1O. The van der Waals surface area contributed by atoms with E-state index in [0.717, 1.165) is 81.0 Å². The van der Waals surface area contributed by atoms with Gasteiger partial charge >= 0.3 is 5.97 Å². The number of aliphatic hydroxyl groups excluding tert-OH is 3. The number of aliphatic hydroxyl groups is 3. The lowest BCUT2D eigenvalue weighted by atomic mass is 9.66. The Hall–Kier alpha value is -1.17. The van der Waals surface area contributed by atoms with E-state index >= 15 is 0 Å². The van der Waals surface area contributed by atoms with Crippen LogP contribution in [0.4, 0.5) is 0 Å². The standard InChI is InChI=1S/C40H74O5/c1-8-14-17-23-32(41)26-27-37-36(38(42)29-39(37)43)24-18-15-16-19-25-40(44)45-28-21-20-22-31(10-3)34(12-5)35(13-6)33(11-4)30(7)9-2/h15,18,26-27,30-39,41-43H,8-14,16-17,19-25,28-29H2,1-7H3/b18-15-,27-26+/t30?,31?,32-,33?,34?,35?,36+,37+,38-,39+/m0/s1. The van der Waals surface area contributed by atoms with Gasteiger partial charge in [-0.25, -0.2) is 0 Å². The number of hydrogen-bond acceptors (Lipinski definition) is 5. The number of unbranched alkanes of at least 4 members (excludes halogenated alkanes) is 4. The zero-order valence-corrected chi connectivity index (χ0v) is 30.5. The number of carbonyl (C=O) groups is 1. The minimum absolute atomic E-state index is 0.0546. The van der Waals surface area contributed by atoms with Crippen molar-refractivity contribution in [1.29, 1.82) is 0 Å². The third-order valence-corrected chi connectivity index (χ3v) is 11.2. The summed E-state index contributed by atoms with van der Waals surface area (Å²) in [5.41, 5.74) is 0. The Morgan fingerprint density at radius 2 is 1.49 bits per heavy atom. The lowest BCUT2D eigenvalue weighted by molar-refractivity contribution is -0.143. The summed E-state index contributed by atoms with van der Waals surface area (Å²) in [4.78, 5) is 12.3. The molecule has 0 aliphatic heterocycles. The summed E-state index contributed by atoms with van der Waals surface area (Å²) >= 11 is 0. The molecule has 0 saturated heterocycles. The van der Waals surface area contributed by atoms with Gasteiger partial charge in [0, 0.05) is 18.8 Å². The van der Waals surface area contributed by atoms with E-state index in [9.17, 15) is 20.1 Å². The van der Waals surface area contributed by atoms with E-state index in [1.54, 1.807) is 6.08 Å². The number of hydrogen-bond donors (Lipinski definition) is 3. The molecular weight excluding hydrogens is 560 g/mol. The summed E-state index contributed by atoms with van der Waals surface area (Å²) in [5, 5.41) is 31.2. The van der Waals surface area contributed by atoms with E-state index < -0.39 is 18.3 Å². The van der Waals surface area contributed by atoms with Crippen molar-refractivity contribution in [3.63, 3.8) is 0 Å². The molecule has 0 amide bonds. The summed E-state index contributed by atoms with van der Waals surface area (Å²) in [5.74, 6) is 3.64. The molecular formula is C40H74O5. The first-order valence-electron chi connectivity index (χ1n) is 19.2. The molecule has 45 heavy (non-hydrogen) atoms. The smallest absolute Gasteiger partial charge is 0.305 e. The summed E-state index contributed by atoms with van der Waals surface area (Å²) in [7, 11) is 0. The summed E-state index contributed by atoms with van der Waals surface area (Å²) in [6.07, 6.45) is 22.8. The molecule has 0 bridgehead atoms. The molecule has 1 fully saturated rings. The minimum atomic E-state index is -0.579. The molecule has 1 aliphatic rings. The lowest BCUT2D eigenvalue weighted by Gasteiger charge is -2.39. The van der Waals surface area contributed by atoms with Crippen LogP contribution in [0.25, 0.3) is 0 Å². The maximum Gasteiger partial charge on any atom is 0.305 e. The molecule has 5 unspecified atom stereocenters. The van der Waals surface area contributed by atoms with Gasteiger partial charge in [0.05, 0.1) is 24.9 Å². The maximum atomic E-state index is 12.3. The highest BCUT2D eigenvalue weighted by molar-refractivity contribution is 5.69. The highest BCUT2D eigenvalue weighted by Gasteiger charge is 2.39. The van der Waals surface area contributed by atoms with Gasteiger partial charge in [0.1, 0.15) is 0 Å². The predicted molar refractivity (Wildman–Crippen MR) is 190 cm³/mol. The Morgan fingerprint density at radius 3 is 2.11 bits per heavy atom. The van der Waals surface area contributed by atoms with Gasteiger partial charge in [0.15, 0.2) is 0 Å². The van der Waals surface area contributed by atoms with Crippen molar-refractivity contribution < 1.29 is 24.9 Å². The molecule has 264 valence electrons. The van der Waals surface area contributed by atoms with E-state index in [0.29, 0.717) is 25.9 Å². The minimum Gasteiger partial charge on any atom is -0.466 e. The molecule has 1 rings (SSSR count). The fourth-order valence-electron chi connectivity index (χ4n) is 8.22. The molecule has 0 aromatic carbocycles. The second-order valence-corrected chi connectivity index (χ2v) is 14.1. The lowest BCUT2D eigenvalue weighted by Crippen LogP contribution is -2.31. The van der Waals surface area contributed by atoms with Crippen LogP contribution in [0.3, 0.4) is 0 Å². The average Bonchev–Trinajstić information content (AvgIpc) is 3.30. The van der Waals surface area contributed by atoms with Gasteiger partial charge in [-0.1, -0.05) is 131 Å². The number of ether oxygens (including phenoxy) is 1. The van der Waals surface area contributed by atoms with Gasteiger partial charge in [-0.15, -0.1) is 0 Å². The van der Waals surface area contributed by atoms with Gasteiger partial charge in [-0.05, 0) is 74.0 Å². The number of allylic oxidation sites excluding steroid dienone is 2. The first kappa shape index (κ1) is 41.9. The van der Waals surface area contributed by atoms with Gasteiger partial charge in [0.2, 0.25) is 0 Å². The van der Waals surface area contributed by atoms with Gasteiger partial charge in [0.25, 0.3) is 0 Å². The summed E-state index contributed by atoms with van der Waals surface area (Å²) < 4.78 is 5.57. The largest absolute Gasteiger partial charge is 0.466 e. The molecule has 0 radical (unpaired) electrons. The second-order valence-electron chi connectivity index (χ2n) is 14.1. The van der Waals surface area contributed by atoms with Crippen molar-refractivity contribution in [3.05, 3.63) is 24.3 Å². The molecule has 0 spiro atoms. The zero-order valence-electron chi connectivity index (χ0n) is 30.5. The molecule has 0 aromatic rings. The third-order valence-electron chi connectivity index (χ3n) is 11.2. The normalized spacial score (nSPS) is 24.6. The number of esters is 1. The molecule has 0 heterocycles. The van der Waals surface area contributed by atoms with Crippen LogP contribution in [0, 0.1) is 41.4 Å². The van der Waals surface area contributed by atoms with Crippen LogP contribution in [0.1, 0.15) is 158 Å². The number of carbonyl (C=O) groups excluding carboxylic acids is 1. The maximum absolute atomic E-state index is 12.3. The first-order valence-corrected chi connectivity index (χ1v) is 19.2. The van der Waals surface area contributed by atoms with E-state index in [4.69, 9.17) is 4.74 Å². The molecule has 5 nitrogen and oxygen atoms in total. The number of rotatable bonds is 26. The van der Waals surface area contributed by atoms with Crippen molar-refractivity contribution >= 4 is 5.97 Å². The molecule has 3 N–H and O–H groups in total. The molecule has 10 atom stereocenters. The van der Waals surface area contributed by atoms with Gasteiger partial charge < -0.3 is 20.1 Å². The van der Waals surface area contributed by atoms with Crippen LogP contribution >= 0.6 is 0 Å². The predicted octanol–water partition coefficient (Wildman–Crippen LogP) is 9.82. The van der Waals surface area contributed by atoms with Crippen LogP contribution < -0.4 is 0 Å². The van der Waals surface area contributed by atoms with Crippen LogP contribution in [-0.2, 0) is 9.53 Å². The van der Waals surface area contributed by atoms with Crippen molar-refractivity contribution in [2.45, 2.75) is 176 Å². The van der Waals surface area contributed by atoms with Crippen LogP contribution in [0.5, 0.6) is 0 Å². The van der Waals surface area contributed by atoms with Crippen LogP contribution in [0.15, 0.2) is 24.3 Å². The molecule has 1 saturated carbocycles. The second kappa shape index (κ2) is 24.9. The van der Waals surface area contributed by atoms with E-state index in [-0.39, 0.29) is 17.8 Å². The van der Waals surface area contributed by atoms with E-state index in [1.165, 1.54) is 38.5 Å². The Kier molecular flexibility index (Phi) is 23.2.